The second-order valence-corrected chi connectivity index (χ2v) is 12.8. The van der Waals surface area contributed by atoms with Gasteiger partial charge in [-0.1, -0.05) is 48.5 Å². The summed E-state index contributed by atoms with van der Waals surface area (Å²) in [5, 5.41) is 18.8. The third kappa shape index (κ3) is 7.28. The van der Waals surface area contributed by atoms with Gasteiger partial charge in [0.2, 0.25) is 0 Å². The molecular formula is C47H33N5O5. The molecule has 276 valence electrons. The third-order valence-corrected chi connectivity index (χ3v) is 9.38. The highest BCUT2D eigenvalue weighted by Gasteiger charge is 2.22. The number of hydrogen-bond donors (Lipinski definition) is 1. The molecule has 0 aliphatic rings. The van der Waals surface area contributed by atoms with E-state index in [1.807, 2.05) is 97.1 Å². The molecule has 8 aromatic rings. The van der Waals surface area contributed by atoms with Crippen molar-refractivity contribution in [1.29, 1.82) is 5.26 Å². The SMILES string of the molecule is COc1ccc(-c2nc3c(-c4ccc(/C=C(/C#N)C(=O)O)o4)cnc(-c4ccc(N(c5ccccc5)c5ccccc5)cc4)c3nc2-c2ccc(OC)cc2)cc1. The number of carbonyl (C=O) groups is 1. The zero-order valence-corrected chi connectivity index (χ0v) is 30.8. The van der Waals surface area contributed by atoms with E-state index in [0.717, 1.165) is 33.8 Å². The number of benzene rings is 5. The first-order valence-electron chi connectivity index (χ1n) is 17.9. The smallest absolute Gasteiger partial charge is 0.346 e. The van der Waals surface area contributed by atoms with Gasteiger partial charge in [-0.25, -0.2) is 14.8 Å². The summed E-state index contributed by atoms with van der Waals surface area (Å²) in [4.78, 5) is 29.4. The van der Waals surface area contributed by atoms with Crippen LogP contribution in [0.1, 0.15) is 5.76 Å². The fourth-order valence-electron chi connectivity index (χ4n) is 6.56. The van der Waals surface area contributed by atoms with E-state index >= 15 is 0 Å². The number of rotatable bonds is 11. The molecule has 0 radical (unpaired) electrons. The number of hydrogen-bond acceptors (Lipinski definition) is 9. The lowest BCUT2D eigenvalue weighted by Crippen LogP contribution is -2.09. The Bertz CT molecular complexity index is 2740. The fraction of sp³-hybridized carbons (Fsp3) is 0.0426. The summed E-state index contributed by atoms with van der Waals surface area (Å²) < 4.78 is 17.0. The first kappa shape index (κ1) is 36.0. The number of nitriles is 1. The van der Waals surface area contributed by atoms with Crippen molar-refractivity contribution in [1.82, 2.24) is 15.0 Å². The molecule has 0 aliphatic carbocycles. The molecule has 0 fully saturated rings. The van der Waals surface area contributed by atoms with Crippen LogP contribution in [0.5, 0.6) is 11.5 Å². The summed E-state index contributed by atoms with van der Waals surface area (Å²) in [6.45, 7) is 0. The highest BCUT2D eigenvalue weighted by Crippen LogP contribution is 2.40. The molecule has 1 N–H and O–H groups in total. The quantitative estimate of drug-likeness (QED) is 0.101. The molecule has 0 saturated carbocycles. The van der Waals surface area contributed by atoms with Crippen LogP contribution in [-0.2, 0) is 4.79 Å². The number of nitrogens with zero attached hydrogens (tertiary/aromatic N) is 5. The molecule has 0 aliphatic heterocycles. The Morgan fingerprint density at radius 3 is 1.65 bits per heavy atom. The molecule has 10 heteroatoms. The minimum atomic E-state index is -1.35. The van der Waals surface area contributed by atoms with Crippen molar-refractivity contribution in [3.8, 4) is 62.7 Å². The van der Waals surface area contributed by atoms with Gasteiger partial charge in [0.15, 0.2) is 0 Å². The molecule has 3 heterocycles. The number of ether oxygens (including phenoxy) is 2. The average molecular weight is 748 g/mol. The van der Waals surface area contributed by atoms with Crippen molar-refractivity contribution in [3.63, 3.8) is 0 Å². The van der Waals surface area contributed by atoms with E-state index < -0.39 is 11.5 Å². The lowest BCUT2D eigenvalue weighted by Gasteiger charge is -2.25. The average Bonchev–Trinajstić information content (AvgIpc) is 3.74. The highest BCUT2D eigenvalue weighted by molar-refractivity contribution is 6.01. The van der Waals surface area contributed by atoms with Gasteiger partial charge in [-0.2, -0.15) is 5.26 Å². The van der Waals surface area contributed by atoms with Gasteiger partial charge in [0.1, 0.15) is 45.7 Å². The summed E-state index contributed by atoms with van der Waals surface area (Å²) in [7, 11) is 3.24. The first-order chi connectivity index (χ1) is 27.9. The molecule has 0 bridgehead atoms. The normalized spacial score (nSPS) is 11.2. The standard InChI is InChI=1S/C47H33N5O5/c1-55-37-21-15-31(16-22-37)43-44(32-17-23-38(56-2)24-18-32)51-46-42(49-29-40(45(46)50-43)41-26-25-39(57-41)27-33(28-48)47(53)54)30-13-19-36(20-14-30)52(34-9-5-3-6-10-34)35-11-7-4-8-12-35/h3-27,29H,1-2H3,(H,53,54)/b33-27-. The molecule has 8 rings (SSSR count). The summed E-state index contributed by atoms with van der Waals surface area (Å²) in [6, 6.07) is 48.7. The van der Waals surface area contributed by atoms with Gasteiger partial charge in [0.25, 0.3) is 0 Å². The van der Waals surface area contributed by atoms with Crippen LogP contribution >= 0.6 is 0 Å². The van der Waals surface area contributed by atoms with Gasteiger partial charge in [-0.3, -0.25) is 4.98 Å². The van der Waals surface area contributed by atoms with E-state index in [4.69, 9.17) is 28.8 Å². The van der Waals surface area contributed by atoms with Crippen LogP contribution in [0.25, 0.3) is 62.2 Å². The number of aliphatic carboxylic acids is 1. The van der Waals surface area contributed by atoms with Crippen LogP contribution in [0.3, 0.4) is 0 Å². The highest BCUT2D eigenvalue weighted by atomic mass is 16.5. The molecule has 3 aromatic heterocycles. The van der Waals surface area contributed by atoms with Gasteiger partial charge in [-0.05, 0) is 97.1 Å². The van der Waals surface area contributed by atoms with Crippen LogP contribution in [0.15, 0.2) is 162 Å². The lowest BCUT2D eigenvalue weighted by atomic mass is 10.0. The molecule has 0 saturated heterocycles. The molecule has 5 aromatic carbocycles. The van der Waals surface area contributed by atoms with Gasteiger partial charge < -0.3 is 23.9 Å². The maximum Gasteiger partial charge on any atom is 0.346 e. The Morgan fingerprint density at radius 2 is 1.14 bits per heavy atom. The summed E-state index contributed by atoms with van der Waals surface area (Å²) in [6.07, 6.45) is 2.86. The van der Waals surface area contributed by atoms with Crippen LogP contribution in [-0.4, -0.2) is 40.2 Å². The van der Waals surface area contributed by atoms with E-state index in [1.54, 1.807) is 38.6 Å². The van der Waals surface area contributed by atoms with Crippen molar-refractivity contribution in [3.05, 3.63) is 163 Å². The number of fused-ring (bicyclic) bond motifs is 1. The second-order valence-electron chi connectivity index (χ2n) is 12.8. The zero-order chi connectivity index (χ0) is 39.3. The maximum atomic E-state index is 11.6. The number of pyridine rings is 1. The summed E-state index contributed by atoms with van der Waals surface area (Å²) in [5.74, 6) is 0.609. The van der Waals surface area contributed by atoms with Crippen molar-refractivity contribution in [2.24, 2.45) is 0 Å². The Labute approximate surface area is 328 Å². The zero-order valence-electron chi connectivity index (χ0n) is 30.8. The predicted molar refractivity (Wildman–Crippen MR) is 220 cm³/mol. The number of methoxy groups -OCH3 is 2. The van der Waals surface area contributed by atoms with Gasteiger partial charge in [0, 0.05) is 46.0 Å². The molecule has 0 amide bonds. The number of aromatic nitrogens is 3. The number of anilines is 3. The predicted octanol–water partition coefficient (Wildman–Crippen LogP) is 10.8. The molecule has 0 unspecified atom stereocenters. The Morgan fingerprint density at radius 1 is 0.649 bits per heavy atom. The molecular weight excluding hydrogens is 715 g/mol. The third-order valence-electron chi connectivity index (χ3n) is 9.38. The lowest BCUT2D eigenvalue weighted by molar-refractivity contribution is -0.132. The molecule has 0 spiro atoms. The fourth-order valence-corrected chi connectivity index (χ4v) is 6.56. The van der Waals surface area contributed by atoms with E-state index in [9.17, 15) is 15.2 Å². The minimum Gasteiger partial charge on any atom is -0.497 e. The topological polar surface area (TPSA) is 135 Å². The van der Waals surface area contributed by atoms with Gasteiger partial charge in [0.05, 0.1) is 36.9 Å². The monoisotopic (exact) mass is 747 g/mol. The Hall–Kier alpha value is -8.03. The number of furan rings is 1. The maximum absolute atomic E-state index is 11.6. The number of para-hydroxylation sites is 2. The van der Waals surface area contributed by atoms with E-state index in [2.05, 4.69) is 41.3 Å². The molecule has 10 nitrogen and oxygen atoms in total. The van der Waals surface area contributed by atoms with Gasteiger partial charge in [-0.15, -0.1) is 0 Å². The van der Waals surface area contributed by atoms with Crippen molar-refractivity contribution in [2.75, 3.05) is 19.1 Å². The first-order valence-corrected chi connectivity index (χ1v) is 17.9. The molecule has 57 heavy (non-hydrogen) atoms. The molecule has 0 atom stereocenters. The van der Waals surface area contributed by atoms with Gasteiger partial charge >= 0.3 is 5.97 Å². The number of carboxylic acids is 1. The minimum absolute atomic E-state index is 0.191. The summed E-state index contributed by atoms with van der Waals surface area (Å²) >= 11 is 0. The van der Waals surface area contributed by atoms with Crippen molar-refractivity contribution in [2.45, 2.75) is 0 Å². The van der Waals surface area contributed by atoms with Crippen LogP contribution in [0.2, 0.25) is 0 Å². The van der Waals surface area contributed by atoms with E-state index in [1.165, 1.54) is 6.08 Å². The summed E-state index contributed by atoms with van der Waals surface area (Å²) in [5.41, 5.74) is 8.33. The van der Waals surface area contributed by atoms with Crippen molar-refractivity contribution < 1.29 is 23.8 Å². The van der Waals surface area contributed by atoms with Crippen LogP contribution in [0.4, 0.5) is 17.1 Å². The van der Waals surface area contributed by atoms with Crippen molar-refractivity contribution >= 4 is 40.1 Å². The Kier molecular flexibility index (Phi) is 9.94. The van der Waals surface area contributed by atoms with E-state index in [-0.39, 0.29) is 5.76 Å². The van der Waals surface area contributed by atoms with Crippen LogP contribution in [0, 0.1) is 11.3 Å². The van der Waals surface area contributed by atoms with E-state index in [0.29, 0.717) is 50.9 Å². The largest absolute Gasteiger partial charge is 0.497 e. The number of carboxylic acid groups (broad SMARTS) is 1. The second kappa shape index (κ2) is 15.8. The van der Waals surface area contributed by atoms with Crippen LogP contribution < -0.4 is 14.4 Å². The Balaban J connectivity index is 1.34.